The highest BCUT2D eigenvalue weighted by Crippen LogP contribution is 2.27. The maximum atomic E-state index is 9.29. The van der Waals surface area contributed by atoms with Crippen LogP contribution in [0.2, 0.25) is 0 Å². The van der Waals surface area contributed by atoms with Gasteiger partial charge in [-0.2, -0.15) is 0 Å². The molecule has 92 valence electrons. The third kappa shape index (κ3) is 3.28. The molecule has 0 radical (unpaired) electrons. The third-order valence-corrected chi connectivity index (χ3v) is 4.96. The van der Waals surface area contributed by atoms with Crippen molar-refractivity contribution in [3.05, 3.63) is 20.3 Å². The summed E-state index contributed by atoms with van der Waals surface area (Å²) in [4.78, 5) is 1.20. The number of aliphatic hydroxyl groups is 2. The van der Waals surface area contributed by atoms with Crippen molar-refractivity contribution in [1.29, 1.82) is 0 Å². The molecule has 0 aliphatic heterocycles. The lowest BCUT2D eigenvalue weighted by Crippen LogP contribution is -2.50. The molecule has 0 bridgehead atoms. The maximum Gasteiger partial charge on any atom is 0.0730 e. The Morgan fingerprint density at radius 2 is 2.06 bits per heavy atom. The van der Waals surface area contributed by atoms with Crippen LogP contribution < -0.4 is 5.32 Å². The van der Waals surface area contributed by atoms with E-state index in [2.05, 4.69) is 34.2 Å². The number of hydrogen-bond acceptors (Lipinski definition) is 4. The molecule has 0 spiro atoms. The molecule has 0 saturated heterocycles. The van der Waals surface area contributed by atoms with E-state index >= 15 is 0 Å². The summed E-state index contributed by atoms with van der Waals surface area (Å²) in [6, 6.07) is 2.11. The molecule has 0 atom stereocenters. The van der Waals surface area contributed by atoms with Gasteiger partial charge in [0.25, 0.3) is 0 Å². The van der Waals surface area contributed by atoms with Gasteiger partial charge < -0.3 is 15.5 Å². The summed E-state index contributed by atoms with van der Waals surface area (Å²) in [5.74, 6) is 0. The van der Waals surface area contributed by atoms with E-state index in [1.165, 1.54) is 10.4 Å². The minimum absolute atomic E-state index is 0.0501. The van der Waals surface area contributed by atoms with E-state index < -0.39 is 5.54 Å². The number of hydrogen-bond donors (Lipinski definition) is 3. The SMILES string of the molecule is CCC(CO)(CO)NCc1cc(C)c(Br)s1. The predicted molar refractivity (Wildman–Crippen MR) is 70.8 cm³/mol. The van der Waals surface area contributed by atoms with Crippen molar-refractivity contribution in [2.24, 2.45) is 0 Å². The van der Waals surface area contributed by atoms with Gasteiger partial charge >= 0.3 is 0 Å². The Labute approximate surface area is 109 Å². The molecule has 0 aromatic carbocycles. The van der Waals surface area contributed by atoms with Crippen LogP contribution >= 0.6 is 27.3 Å². The molecule has 16 heavy (non-hydrogen) atoms. The Morgan fingerprint density at radius 3 is 2.44 bits per heavy atom. The van der Waals surface area contributed by atoms with Gasteiger partial charge in [-0.3, -0.25) is 0 Å². The fraction of sp³-hybridized carbons (Fsp3) is 0.636. The van der Waals surface area contributed by atoms with E-state index in [1.54, 1.807) is 11.3 Å². The second-order valence-corrected chi connectivity index (χ2v) is 6.43. The molecule has 5 heteroatoms. The first-order chi connectivity index (χ1) is 7.56. The molecule has 1 aromatic rings. The van der Waals surface area contributed by atoms with Gasteiger partial charge in [0, 0.05) is 11.4 Å². The van der Waals surface area contributed by atoms with E-state index in [9.17, 15) is 10.2 Å². The monoisotopic (exact) mass is 307 g/mol. The molecule has 0 saturated carbocycles. The number of nitrogens with one attached hydrogen (secondary N) is 1. The largest absolute Gasteiger partial charge is 0.394 e. The first-order valence-electron chi connectivity index (χ1n) is 5.28. The van der Waals surface area contributed by atoms with Gasteiger partial charge in [-0.1, -0.05) is 6.92 Å². The molecule has 0 unspecified atom stereocenters. The number of rotatable bonds is 6. The van der Waals surface area contributed by atoms with Gasteiger partial charge in [-0.25, -0.2) is 0 Å². The van der Waals surface area contributed by atoms with E-state index in [0.717, 1.165) is 3.79 Å². The minimum atomic E-state index is -0.565. The van der Waals surface area contributed by atoms with E-state index in [0.29, 0.717) is 13.0 Å². The van der Waals surface area contributed by atoms with E-state index in [-0.39, 0.29) is 13.2 Å². The van der Waals surface area contributed by atoms with Crippen molar-refractivity contribution in [3.8, 4) is 0 Å². The topological polar surface area (TPSA) is 52.5 Å². The van der Waals surface area contributed by atoms with Crippen LogP contribution in [0.5, 0.6) is 0 Å². The zero-order chi connectivity index (χ0) is 12.2. The quantitative estimate of drug-likeness (QED) is 0.754. The van der Waals surface area contributed by atoms with Crippen LogP contribution in [0, 0.1) is 6.92 Å². The molecule has 1 aromatic heterocycles. The van der Waals surface area contributed by atoms with Crippen molar-refractivity contribution < 1.29 is 10.2 Å². The molecular weight excluding hydrogens is 290 g/mol. The average molecular weight is 308 g/mol. The average Bonchev–Trinajstić information content (AvgIpc) is 2.61. The van der Waals surface area contributed by atoms with Gasteiger partial charge in [0.05, 0.1) is 22.5 Å². The Hall–Kier alpha value is 0.0600. The Kier molecular flexibility index (Phi) is 5.40. The van der Waals surface area contributed by atoms with E-state index in [1.807, 2.05) is 6.92 Å². The second-order valence-electron chi connectivity index (χ2n) is 3.97. The number of aliphatic hydroxyl groups excluding tert-OH is 2. The Morgan fingerprint density at radius 1 is 1.44 bits per heavy atom. The summed E-state index contributed by atoms with van der Waals surface area (Å²) in [7, 11) is 0. The van der Waals surface area contributed by atoms with Gasteiger partial charge in [-0.15, -0.1) is 11.3 Å². The smallest absolute Gasteiger partial charge is 0.0730 e. The van der Waals surface area contributed by atoms with Crippen LogP contribution in [0.25, 0.3) is 0 Å². The predicted octanol–water partition coefficient (Wildman–Crippen LogP) is 2.04. The molecule has 3 nitrogen and oxygen atoms in total. The van der Waals surface area contributed by atoms with Crippen molar-refractivity contribution in [2.75, 3.05) is 13.2 Å². The van der Waals surface area contributed by atoms with Crippen LogP contribution in [-0.4, -0.2) is 29.0 Å². The van der Waals surface area contributed by atoms with Crippen LogP contribution in [0.3, 0.4) is 0 Å². The van der Waals surface area contributed by atoms with E-state index in [4.69, 9.17) is 0 Å². The molecule has 0 fully saturated rings. The van der Waals surface area contributed by atoms with Crippen molar-refractivity contribution in [1.82, 2.24) is 5.32 Å². The van der Waals surface area contributed by atoms with Crippen LogP contribution in [0.4, 0.5) is 0 Å². The molecule has 0 aliphatic carbocycles. The summed E-state index contributed by atoms with van der Waals surface area (Å²) < 4.78 is 1.14. The van der Waals surface area contributed by atoms with Crippen molar-refractivity contribution in [3.63, 3.8) is 0 Å². The molecular formula is C11H18BrNO2S. The minimum Gasteiger partial charge on any atom is -0.394 e. The lowest BCUT2D eigenvalue weighted by molar-refractivity contribution is 0.0866. The number of aryl methyl sites for hydroxylation is 1. The summed E-state index contributed by atoms with van der Waals surface area (Å²) in [5.41, 5.74) is 0.654. The summed E-state index contributed by atoms with van der Waals surface area (Å²) >= 11 is 5.16. The van der Waals surface area contributed by atoms with Crippen LogP contribution in [-0.2, 0) is 6.54 Å². The highest BCUT2D eigenvalue weighted by molar-refractivity contribution is 9.11. The fourth-order valence-electron chi connectivity index (χ4n) is 1.40. The maximum absolute atomic E-state index is 9.29. The van der Waals surface area contributed by atoms with Crippen molar-refractivity contribution >= 4 is 27.3 Å². The third-order valence-electron chi connectivity index (χ3n) is 2.83. The van der Waals surface area contributed by atoms with Gasteiger partial charge in [-0.05, 0) is 40.9 Å². The van der Waals surface area contributed by atoms with Gasteiger partial charge in [0.1, 0.15) is 0 Å². The number of thiophene rings is 1. The first-order valence-corrected chi connectivity index (χ1v) is 6.89. The zero-order valence-electron chi connectivity index (χ0n) is 9.59. The van der Waals surface area contributed by atoms with Crippen LogP contribution in [0.1, 0.15) is 23.8 Å². The van der Waals surface area contributed by atoms with Crippen LogP contribution in [0.15, 0.2) is 9.85 Å². The molecule has 0 amide bonds. The molecule has 1 rings (SSSR count). The Bertz CT molecular complexity index is 309. The van der Waals surface area contributed by atoms with Gasteiger partial charge in [0.15, 0.2) is 0 Å². The molecule has 1 heterocycles. The van der Waals surface area contributed by atoms with Crippen molar-refractivity contribution in [2.45, 2.75) is 32.4 Å². The lowest BCUT2D eigenvalue weighted by atomic mass is 9.98. The lowest BCUT2D eigenvalue weighted by Gasteiger charge is -2.29. The highest BCUT2D eigenvalue weighted by Gasteiger charge is 2.25. The fourth-order valence-corrected chi connectivity index (χ4v) is 2.96. The normalized spacial score (nSPS) is 12.1. The number of halogens is 1. The first kappa shape index (κ1) is 14.1. The highest BCUT2D eigenvalue weighted by atomic mass is 79.9. The van der Waals surface area contributed by atoms with Gasteiger partial charge in [0.2, 0.25) is 0 Å². The summed E-state index contributed by atoms with van der Waals surface area (Å²) in [6.07, 6.45) is 0.700. The molecule has 0 aliphatic rings. The molecule has 3 N–H and O–H groups in total. The summed E-state index contributed by atoms with van der Waals surface area (Å²) in [6.45, 7) is 4.58. The summed E-state index contributed by atoms with van der Waals surface area (Å²) in [5, 5.41) is 21.8. The zero-order valence-corrected chi connectivity index (χ0v) is 12.0. The Balaban J connectivity index is 2.62. The second kappa shape index (κ2) is 6.12. The standard InChI is InChI=1S/C11H18BrNO2S/c1-3-11(6-14,7-15)13-5-9-4-8(2)10(12)16-9/h4,13-15H,3,5-7H2,1-2H3.